The van der Waals surface area contributed by atoms with Crippen LogP contribution in [0.4, 0.5) is 0 Å². The minimum Gasteiger partial charge on any atom is -0.497 e. The summed E-state index contributed by atoms with van der Waals surface area (Å²) in [6, 6.07) is 29.1. The quantitative estimate of drug-likeness (QED) is 0.301. The van der Waals surface area contributed by atoms with Gasteiger partial charge in [-0.25, -0.2) is 4.98 Å². The standard InChI is InChI=1S/C27H23ClN2O/c1-18(19-11-12-21-16-23(31-2)14-13-20(21)15-19)27-29-25-9-5-6-10-26(25)30(27)17-22-7-3-4-8-24(22)28/h3-16,18H,17H2,1-2H3. The van der Waals surface area contributed by atoms with Crippen LogP contribution in [-0.2, 0) is 6.54 Å². The van der Waals surface area contributed by atoms with Gasteiger partial charge in [0.25, 0.3) is 0 Å². The highest BCUT2D eigenvalue weighted by molar-refractivity contribution is 6.31. The zero-order valence-corrected chi connectivity index (χ0v) is 18.3. The largest absolute Gasteiger partial charge is 0.497 e. The summed E-state index contributed by atoms with van der Waals surface area (Å²) in [6.07, 6.45) is 0. The van der Waals surface area contributed by atoms with Gasteiger partial charge in [0.05, 0.1) is 24.7 Å². The number of benzene rings is 4. The van der Waals surface area contributed by atoms with Gasteiger partial charge >= 0.3 is 0 Å². The zero-order chi connectivity index (χ0) is 21.4. The monoisotopic (exact) mass is 426 g/mol. The van der Waals surface area contributed by atoms with Crippen LogP contribution < -0.4 is 4.74 Å². The maximum Gasteiger partial charge on any atom is 0.119 e. The Morgan fingerprint density at radius 3 is 2.48 bits per heavy atom. The van der Waals surface area contributed by atoms with Gasteiger partial charge in [-0.3, -0.25) is 0 Å². The number of fused-ring (bicyclic) bond motifs is 2. The molecule has 0 N–H and O–H groups in total. The number of halogens is 1. The average molecular weight is 427 g/mol. The van der Waals surface area contributed by atoms with E-state index in [-0.39, 0.29) is 5.92 Å². The molecule has 154 valence electrons. The molecule has 1 atom stereocenters. The summed E-state index contributed by atoms with van der Waals surface area (Å²) in [4.78, 5) is 5.02. The Hall–Kier alpha value is -3.30. The second-order valence-corrected chi connectivity index (χ2v) is 8.24. The van der Waals surface area contributed by atoms with Crippen LogP contribution in [0.1, 0.15) is 29.8 Å². The number of hydrogen-bond acceptors (Lipinski definition) is 2. The van der Waals surface area contributed by atoms with Crippen molar-refractivity contribution in [2.24, 2.45) is 0 Å². The summed E-state index contributed by atoms with van der Waals surface area (Å²) < 4.78 is 7.65. The number of imidazole rings is 1. The molecule has 0 aliphatic rings. The molecular weight excluding hydrogens is 404 g/mol. The SMILES string of the molecule is COc1ccc2cc(C(C)c3nc4ccccc4n3Cc3ccccc3Cl)ccc2c1. The molecule has 4 heteroatoms. The van der Waals surface area contributed by atoms with Crippen molar-refractivity contribution in [3.63, 3.8) is 0 Å². The first-order chi connectivity index (χ1) is 15.1. The fraction of sp³-hybridized carbons (Fsp3) is 0.148. The van der Waals surface area contributed by atoms with Crippen molar-refractivity contribution in [1.29, 1.82) is 0 Å². The van der Waals surface area contributed by atoms with Gasteiger partial charge in [-0.05, 0) is 52.2 Å². The molecule has 0 aliphatic carbocycles. The third kappa shape index (κ3) is 3.66. The molecule has 0 saturated heterocycles. The van der Waals surface area contributed by atoms with E-state index in [9.17, 15) is 0 Å². The molecule has 0 spiro atoms. The third-order valence-corrected chi connectivity index (χ3v) is 6.30. The summed E-state index contributed by atoms with van der Waals surface area (Å²) in [5.74, 6) is 2.03. The number of aromatic nitrogens is 2. The van der Waals surface area contributed by atoms with Gasteiger partial charge in [-0.1, -0.05) is 73.1 Å². The molecule has 0 bridgehead atoms. The maximum atomic E-state index is 6.49. The molecule has 0 aliphatic heterocycles. The van der Waals surface area contributed by atoms with E-state index < -0.39 is 0 Å². The van der Waals surface area contributed by atoms with E-state index >= 15 is 0 Å². The molecular formula is C27H23ClN2O. The molecule has 0 radical (unpaired) electrons. The summed E-state index contributed by atoms with van der Waals surface area (Å²) in [5.41, 5.74) is 4.44. The highest BCUT2D eigenvalue weighted by Gasteiger charge is 2.19. The number of ether oxygens (including phenoxy) is 1. The van der Waals surface area contributed by atoms with E-state index in [0.717, 1.165) is 33.2 Å². The van der Waals surface area contributed by atoms with Crippen molar-refractivity contribution in [3.8, 4) is 5.75 Å². The van der Waals surface area contributed by atoms with E-state index in [1.165, 1.54) is 16.3 Å². The first kappa shape index (κ1) is 19.7. The van der Waals surface area contributed by atoms with Gasteiger partial charge in [0.15, 0.2) is 0 Å². The van der Waals surface area contributed by atoms with Crippen LogP contribution in [-0.4, -0.2) is 16.7 Å². The Labute approximate surface area is 186 Å². The minimum atomic E-state index is 0.126. The molecule has 0 saturated carbocycles. The van der Waals surface area contributed by atoms with E-state index in [1.54, 1.807) is 7.11 Å². The summed E-state index contributed by atoms with van der Waals surface area (Å²) in [7, 11) is 1.70. The van der Waals surface area contributed by atoms with Crippen molar-refractivity contribution in [3.05, 3.63) is 107 Å². The smallest absolute Gasteiger partial charge is 0.119 e. The Kier molecular flexibility index (Phi) is 5.13. The van der Waals surface area contributed by atoms with Crippen LogP contribution in [0.5, 0.6) is 5.75 Å². The highest BCUT2D eigenvalue weighted by Crippen LogP contribution is 2.31. The minimum absolute atomic E-state index is 0.126. The van der Waals surface area contributed by atoms with E-state index in [1.807, 2.05) is 30.3 Å². The number of hydrogen-bond donors (Lipinski definition) is 0. The molecule has 4 aromatic carbocycles. The molecule has 31 heavy (non-hydrogen) atoms. The number of methoxy groups -OCH3 is 1. The van der Waals surface area contributed by atoms with E-state index in [0.29, 0.717) is 6.54 Å². The van der Waals surface area contributed by atoms with Crippen molar-refractivity contribution in [2.75, 3.05) is 7.11 Å². The predicted molar refractivity (Wildman–Crippen MR) is 128 cm³/mol. The van der Waals surface area contributed by atoms with Gasteiger partial charge in [0, 0.05) is 10.9 Å². The first-order valence-corrected chi connectivity index (χ1v) is 10.8. The predicted octanol–water partition coefficient (Wildman–Crippen LogP) is 7.05. The summed E-state index contributed by atoms with van der Waals surface area (Å²) in [5, 5.41) is 3.14. The summed E-state index contributed by atoms with van der Waals surface area (Å²) in [6.45, 7) is 2.90. The highest BCUT2D eigenvalue weighted by atomic mass is 35.5. The topological polar surface area (TPSA) is 27.1 Å². The molecule has 5 rings (SSSR count). The lowest BCUT2D eigenvalue weighted by atomic mass is 9.97. The van der Waals surface area contributed by atoms with Gasteiger partial charge in [0.2, 0.25) is 0 Å². The van der Waals surface area contributed by atoms with Crippen LogP contribution in [0.2, 0.25) is 5.02 Å². The second kappa shape index (κ2) is 8.09. The third-order valence-electron chi connectivity index (χ3n) is 5.93. The molecule has 3 nitrogen and oxygen atoms in total. The molecule has 1 heterocycles. The number of para-hydroxylation sites is 2. The lowest BCUT2D eigenvalue weighted by Crippen LogP contribution is -2.09. The van der Waals surface area contributed by atoms with Crippen molar-refractivity contribution >= 4 is 33.4 Å². The zero-order valence-electron chi connectivity index (χ0n) is 17.5. The molecule has 0 amide bonds. The van der Waals surface area contributed by atoms with Crippen LogP contribution in [0.25, 0.3) is 21.8 Å². The van der Waals surface area contributed by atoms with Crippen LogP contribution in [0, 0.1) is 0 Å². The lowest BCUT2D eigenvalue weighted by molar-refractivity contribution is 0.415. The normalized spacial score (nSPS) is 12.4. The number of nitrogens with zero attached hydrogens (tertiary/aromatic N) is 2. The van der Waals surface area contributed by atoms with Gasteiger partial charge in [0.1, 0.15) is 11.6 Å². The Morgan fingerprint density at radius 1 is 0.903 bits per heavy atom. The second-order valence-electron chi connectivity index (χ2n) is 7.83. The lowest BCUT2D eigenvalue weighted by Gasteiger charge is -2.17. The first-order valence-electron chi connectivity index (χ1n) is 10.4. The van der Waals surface area contributed by atoms with Crippen LogP contribution in [0.3, 0.4) is 0 Å². The van der Waals surface area contributed by atoms with Crippen LogP contribution in [0.15, 0.2) is 84.9 Å². The van der Waals surface area contributed by atoms with E-state index in [4.69, 9.17) is 21.3 Å². The molecule has 1 aromatic heterocycles. The fourth-order valence-electron chi connectivity index (χ4n) is 4.18. The van der Waals surface area contributed by atoms with Crippen LogP contribution >= 0.6 is 11.6 Å². The average Bonchev–Trinajstić information content (AvgIpc) is 3.17. The van der Waals surface area contributed by atoms with Gasteiger partial charge < -0.3 is 9.30 Å². The molecule has 0 fully saturated rings. The molecule has 1 unspecified atom stereocenters. The number of rotatable bonds is 5. The maximum absolute atomic E-state index is 6.49. The molecule has 5 aromatic rings. The fourth-order valence-corrected chi connectivity index (χ4v) is 4.37. The van der Waals surface area contributed by atoms with E-state index in [2.05, 4.69) is 66.1 Å². The Morgan fingerprint density at radius 2 is 1.65 bits per heavy atom. The summed E-state index contributed by atoms with van der Waals surface area (Å²) >= 11 is 6.49. The van der Waals surface area contributed by atoms with Gasteiger partial charge in [-0.2, -0.15) is 0 Å². The van der Waals surface area contributed by atoms with Crippen molar-refractivity contribution in [1.82, 2.24) is 9.55 Å². The Balaban J connectivity index is 1.60. The van der Waals surface area contributed by atoms with Crippen molar-refractivity contribution < 1.29 is 4.74 Å². The van der Waals surface area contributed by atoms with Crippen molar-refractivity contribution in [2.45, 2.75) is 19.4 Å². The van der Waals surface area contributed by atoms with Gasteiger partial charge in [-0.15, -0.1) is 0 Å². The Bertz CT molecular complexity index is 1390.